The number of aliphatic hydroxyl groups excluding tert-OH is 1. The summed E-state index contributed by atoms with van der Waals surface area (Å²) in [7, 11) is 0. The summed E-state index contributed by atoms with van der Waals surface area (Å²) in [6, 6.07) is 7.88. The van der Waals surface area contributed by atoms with Crippen LogP contribution in [0.1, 0.15) is 25.0 Å². The Morgan fingerprint density at radius 3 is 2.63 bits per heavy atom. The molecule has 100 valence electrons. The third kappa shape index (κ3) is 2.54. The van der Waals surface area contributed by atoms with Crippen molar-refractivity contribution < 1.29 is 5.11 Å². The highest BCUT2D eigenvalue weighted by Gasteiger charge is 2.25. The van der Waals surface area contributed by atoms with E-state index in [4.69, 9.17) is 0 Å². The van der Waals surface area contributed by atoms with E-state index in [1.165, 1.54) is 0 Å². The number of nitrogens with one attached hydrogen (secondary N) is 1. The maximum atomic E-state index is 9.83. The maximum Gasteiger partial charge on any atom is 0.148 e. The lowest BCUT2D eigenvalue weighted by Gasteiger charge is -2.16. The number of anilines is 1. The second-order valence-corrected chi connectivity index (χ2v) is 5.29. The topological polar surface area (TPSA) is 58.0 Å². The lowest BCUT2D eigenvalue weighted by molar-refractivity contribution is 0.138. The molecule has 1 aromatic carbocycles. The van der Waals surface area contributed by atoms with E-state index in [1.54, 1.807) is 0 Å². The van der Waals surface area contributed by atoms with Crippen molar-refractivity contribution in [2.75, 3.05) is 11.9 Å². The number of aryl methyl sites for hydroxylation is 1. The van der Waals surface area contributed by atoms with Crippen LogP contribution in [0.4, 0.5) is 5.82 Å². The van der Waals surface area contributed by atoms with Gasteiger partial charge >= 0.3 is 0 Å². The fourth-order valence-electron chi connectivity index (χ4n) is 2.74. The Balaban J connectivity index is 1.78. The largest absolute Gasteiger partial charge is 0.393 e. The van der Waals surface area contributed by atoms with Gasteiger partial charge in [0, 0.05) is 12.5 Å². The molecular formula is C15H19N3O. The third-order valence-corrected chi connectivity index (χ3v) is 3.90. The first kappa shape index (κ1) is 12.4. The minimum absolute atomic E-state index is 0.166. The molecule has 1 aliphatic rings. The Kier molecular flexibility index (Phi) is 3.34. The van der Waals surface area contributed by atoms with Gasteiger partial charge in [0.25, 0.3) is 0 Å². The minimum atomic E-state index is -0.166. The van der Waals surface area contributed by atoms with Gasteiger partial charge in [0.15, 0.2) is 0 Å². The van der Waals surface area contributed by atoms with Gasteiger partial charge in [-0.15, -0.1) is 0 Å². The molecule has 0 saturated heterocycles. The smallest absolute Gasteiger partial charge is 0.148 e. The average molecular weight is 257 g/mol. The molecule has 1 aliphatic carbocycles. The van der Waals surface area contributed by atoms with Gasteiger partial charge in [-0.3, -0.25) is 0 Å². The number of fused-ring (bicyclic) bond motifs is 1. The SMILES string of the molecule is Cc1nc2ccccc2nc1NCC1CCCC1O. The van der Waals surface area contributed by atoms with E-state index in [9.17, 15) is 5.11 Å². The normalized spacial score (nSPS) is 22.8. The number of nitrogens with zero attached hydrogens (tertiary/aromatic N) is 2. The predicted octanol–water partition coefficient (Wildman–Crippen LogP) is 2.51. The van der Waals surface area contributed by atoms with Gasteiger partial charge in [-0.25, -0.2) is 9.97 Å². The van der Waals surface area contributed by atoms with Crippen LogP contribution in [0.15, 0.2) is 24.3 Å². The van der Waals surface area contributed by atoms with Crippen LogP contribution >= 0.6 is 0 Å². The molecule has 0 radical (unpaired) electrons. The second kappa shape index (κ2) is 5.13. The van der Waals surface area contributed by atoms with E-state index in [0.29, 0.717) is 5.92 Å². The van der Waals surface area contributed by atoms with E-state index in [2.05, 4.69) is 15.3 Å². The predicted molar refractivity (Wildman–Crippen MR) is 76.1 cm³/mol. The molecule has 1 fully saturated rings. The van der Waals surface area contributed by atoms with Gasteiger partial charge in [0.2, 0.25) is 0 Å². The maximum absolute atomic E-state index is 9.83. The Labute approximate surface area is 112 Å². The molecule has 2 aromatic rings. The average Bonchev–Trinajstić information content (AvgIpc) is 2.82. The fourth-order valence-corrected chi connectivity index (χ4v) is 2.74. The van der Waals surface area contributed by atoms with E-state index in [-0.39, 0.29) is 6.10 Å². The Morgan fingerprint density at radius 1 is 1.21 bits per heavy atom. The van der Waals surface area contributed by atoms with E-state index in [0.717, 1.165) is 48.4 Å². The number of aromatic nitrogens is 2. The van der Waals surface area contributed by atoms with Crippen LogP contribution in [-0.4, -0.2) is 27.7 Å². The van der Waals surface area contributed by atoms with Crippen LogP contribution in [0.3, 0.4) is 0 Å². The lowest BCUT2D eigenvalue weighted by atomic mass is 10.1. The summed E-state index contributed by atoms with van der Waals surface area (Å²) in [4.78, 5) is 9.16. The van der Waals surface area contributed by atoms with Crippen molar-refractivity contribution in [1.29, 1.82) is 0 Å². The third-order valence-electron chi connectivity index (χ3n) is 3.90. The van der Waals surface area contributed by atoms with Crippen molar-refractivity contribution in [1.82, 2.24) is 9.97 Å². The first-order chi connectivity index (χ1) is 9.24. The fraction of sp³-hybridized carbons (Fsp3) is 0.467. The zero-order chi connectivity index (χ0) is 13.2. The summed E-state index contributed by atoms with van der Waals surface area (Å²) < 4.78 is 0. The Bertz CT molecular complexity index is 585. The molecule has 3 rings (SSSR count). The highest BCUT2D eigenvalue weighted by Crippen LogP contribution is 2.26. The molecule has 0 bridgehead atoms. The molecule has 0 amide bonds. The number of aliphatic hydroxyl groups is 1. The Hall–Kier alpha value is -1.68. The van der Waals surface area contributed by atoms with Crippen LogP contribution in [0.2, 0.25) is 0 Å². The summed E-state index contributed by atoms with van der Waals surface area (Å²) in [6.07, 6.45) is 2.97. The molecule has 1 heterocycles. The molecule has 4 heteroatoms. The van der Waals surface area contributed by atoms with Crippen molar-refractivity contribution in [3.63, 3.8) is 0 Å². The molecule has 0 spiro atoms. The van der Waals surface area contributed by atoms with Crippen LogP contribution < -0.4 is 5.32 Å². The van der Waals surface area contributed by atoms with Crippen LogP contribution in [-0.2, 0) is 0 Å². The van der Waals surface area contributed by atoms with Crippen molar-refractivity contribution in [3.05, 3.63) is 30.0 Å². The summed E-state index contributed by atoms with van der Waals surface area (Å²) in [6.45, 7) is 2.74. The second-order valence-electron chi connectivity index (χ2n) is 5.29. The molecule has 2 N–H and O–H groups in total. The summed E-state index contributed by atoms with van der Waals surface area (Å²) in [5.41, 5.74) is 2.74. The van der Waals surface area contributed by atoms with E-state index in [1.807, 2.05) is 31.2 Å². The quantitative estimate of drug-likeness (QED) is 0.887. The van der Waals surface area contributed by atoms with Crippen molar-refractivity contribution in [2.45, 2.75) is 32.3 Å². The van der Waals surface area contributed by atoms with Gasteiger partial charge in [-0.2, -0.15) is 0 Å². The van der Waals surface area contributed by atoms with Crippen molar-refractivity contribution in [2.24, 2.45) is 5.92 Å². The molecule has 2 unspecified atom stereocenters. The number of para-hydroxylation sites is 2. The molecule has 0 aliphatic heterocycles. The number of rotatable bonds is 3. The lowest BCUT2D eigenvalue weighted by Crippen LogP contribution is -2.22. The molecule has 2 atom stereocenters. The van der Waals surface area contributed by atoms with E-state index < -0.39 is 0 Å². The molecular weight excluding hydrogens is 238 g/mol. The van der Waals surface area contributed by atoms with Crippen LogP contribution in [0.5, 0.6) is 0 Å². The molecule has 4 nitrogen and oxygen atoms in total. The van der Waals surface area contributed by atoms with Gasteiger partial charge in [0.05, 0.1) is 22.8 Å². The number of hydrogen-bond acceptors (Lipinski definition) is 4. The Morgan fingerprint density at radius 2 is 1.95 bits per heavy atom. The molecule has 1 aromatic heterocycles. The zero-order valence-corrected chi connectivity index (χ0v) is 11.1. The van der Waals surface area contributed by atoms with Crippen molar-refractivity contribution in [3.8, 4) is 0 Å². The van der Waals surface area contributed by atoms with Gasteiger partial charge in [-0.1, -0.05) is 18.6 Å². The standard InChI is InChI=1S/C15H19N3O/c1-10-15(16-9-11-5-4-8-14(11)19)18-13-7-3-2-6-12(13)17-10/h2-3,6-7,11,14,19H,4-5,8-9H2,1H3,(H,16,18). The first-order valence-corrected chi connectivity index (χ1v) is 6.89. The summed E-state index contributed by atoms with van der Waals surface area (Å²) >= 11 is 0. The monoisotopic (exact) mass is 257 g/mol. The van der Waals surface area contributed by atoms with Gasteiger partial charge in [0.1, 0.15) is 5.82 Å². The highest BCUT2D eigenvalue weighted by atomic mass is 16.3. The number of hydrogen-bond donors (Lipinski definition) is 2. The zero-order valence-electron chi connectivity index (χ0n) is 11.1. The van der Waals surface area contributed by atoms with Gasteiger partial charge in [-0.05, 0) is 31.9 Å². The molecule has 1 saturated carbocycles. The summed E-state index contributed by atoms with van der Waals surface area (Å²) in [5.74, 6) is 1.17. The van der Waals surface area contributed by atoms with Crippen LogP contribution in [0, 0.1) is 12.8 Å². The van der Waals surface area contributed by atoms with E-state index >= 15 is 0 Å². The van der Waals surface area contributed by atoms with Crippen molar-refractivity contribution >= 4 is 16.9 Å². The summed E-state index contributed by atoms with van der Waals surface area (Å²) in [5, 5.41) is 13.2. The minimum Gasteiger partial charge on any atom is -0.393 e. The van der Waals surface area contributed by atoms with Crippen LogP contribution in [0.25, 0.3) is 11.0 Å². The first-order valence-electron chi connectivity index (χ1n) is 6.89. The number of benzene rings is 1. The highest BCUT2D eigenvalue weighted by molar-refractivity contribution is 5.76. The van der Waals surface area contributed by atoms with Gasteiger partial charge < -0.3 is 10.4 Å². The molecule has 19 heavy (non-hydrogen) atoms.